The lowest BCUT2D eigenvalue weighted by Crippen LogP contribution is -2.06. The summed E-state index contributed by atoms with van der Waals surface area (Å²) in [4.78, 5) is 0. The maximum atomic E-state index is 2.50. The molecule has 18 rings (SSSR count). The standard InChI is InChI=1S/3C41H50N2/c2*1-18-20(3)27(10)38-34(24(18)7)36-26(9)22(5)33(31(14)41(36)43(38)16)17-32-23(6)29(12)40-37(30(32)13)35-25(8)19(2)21(4)28(11)39(35)42(40)15;1-18-20(3)26(9)38-34(24(18)7)36-30(13)32(22(5)28(11)40(36)42(38)15)17-33-23(6)29(12)41-37(31(33)14)35-25(8)19(2)21(4)27(10)39(35)43(41)16/h3*17H2,1-16H3. The third-order valence-corrected chi connectivity index (χ3v) is 37.1. The Balaban J connectivity index is 0.000000142. The van der Waals surface area contributed by atoms with Gasteiger partial charge in [-0.2, -0.15) is 0 Å². The predicted molar refractivity (Wildman–Crippen MR) is 570 cm³/mol. The lowest BCUT2D eigenvalue weighted by Gasteiger charge is -2.21. The maximum Gasteiger partial charge on any atom is 0.0524 e. The number of aryl methyl sites for hydroxylation is 30. The van der Waals surface area contributed by atoms with Gasteiger partial charge < -0.3 is 27.4 Å². The summed E-state index contributed by atoms with van der Waals surface area (Å²) in [6, 6.07) is 0. The molecule has 0 unspecified atom stereocenters. The van der Waals surface area contributed by atoms with Crippen LogP contribution in [0.25, 0.3) is 131 Å². The lowest BCUT2D eigenvalue weighted by molar-refractivity contribution is 0.983. The molecule has 0 radical (unpaired) electrons. The molecule has 0 aliphatic rings. The number of aromatic nitrogens is 6. The van der Waals surface area contributed by atoms with Gasteiger partial charge in [-0.3, -0.25) is 0 Å². The van der Waals surface area contributed by atoms with Crippen LogP contribution in [0.5, 0.6) is 0 Å². The van der Waals surface area contributed by atoms with E-state index in [9.17, 15) is 0 Å². The molecular weight excluding hydrogens is 1560 g/mol. The Morgan fingerprint density at radius 2 is 0.178 bits per heavy atom. The average Bonchev–Trinajstić information content (AvgIpc) is 1.57. The van der Waals surface area contributed by atoms with Crippen LogP contribution in [-0.4, -0.2) is 27.4 Å². The Morgan fingerprint density at radius 3 is 0.318 bits per heavy atom. The summed E-state index contributed by atoms with van der Waals surface area (Å²) >= 11 is 0. The summed E-state index contributed by atoms with van der Waals surface area (Å²) in [6.45, 7) is 97.9. The van der Waals surface area contributed by atoms with Crippen molar-refractivity contribution in [2.75, 3.05) is 0 Å². The summed E-state index contributed by atoms with van der Waals surface area (Å²) in [5.41, 5.74) is 85.7. The van der Waals surface area contributed by atoms with Gasteiger partial charge in [0.1, 0.15) is 0 Å². The molecule has 0 aliphatic carbocycles. The first-order valence-electron chi connectivity index (χ1n) is 48.0. The second-order valence-electron chi connectivity index (χ2n) is 41.7. The first-order valence-corrected chi connectivity index (χ1v) is 48.0. The summed E-state index contributed by atoms with van der Waals surface area (Å²) in [6.07, 6.45) is 2.88. The van der Waals surface area contributed by atoms with Crippen LogP contribution >= 0.6 is 0 Å². The smallest absolute Gasteiger partial charge is 0.0524 e. The molecule has 6 aromatic heterocycles. The molecule has 672 valence electrons. The Bertz CT molecular complexity index is 7740. The van der Waals surface area contributed by atoms with Crippen LogP contribution in [0, 0.1) is 291 Å². The van der Waals surface area contributed by atoms with Crippen molar-refractivity contribution >= 4 is 131 Å². The molecule has 129 heavy (non-hydrogen) atoms. The molecule has 0 saturated carbocycles. The maximum absolute atomic E-state index is 2.50. The average molecular weight is 1710 g/mol. The van der Waals surface area contributed by atoms with Crippen LogP contribution < -0.4 is 0 Å². The van der Waals surface area contributed by atoms with Gasteiger partial charge in [0.2, 0.25) is 0 Å². The zero-order chi connectivity index (χ0) is 95.2. The fourth-order valence-corrected chi connectivity index (χ4v) is 26.5. The van der Waals surface area contributed by atoms with E-state index < -0.39 is 0 Å². The third kappa shape index (κ3) is 12.0. The highest BCUT2D eigenvalue weighted by molar-refractivity contribution is 6.20. The summed E-state index contributed by atoms with van der Waals surface area (Å²) in [5, 5.41) is 17.4. The van der Waals surface area contributed by atoms with E-state index in [1.54, 1.807) is 0 Å². The second-order valence-corrected chi connectivity index (χ2v) is 41.7. The van der Waals surface area contributed by atoms with Gasteiger partial charge in [0.15, 0.2) is 0 Å². The van der Waals surface area contributed by atoms with Crippen LogP contribution in [0.4, 0.5) is 0 Å². The topological polar surface area (TPSA) is 29.6 Å². The number of benzene rings is 12. The largest absolute Gasteiger partial charge is 0.343 e. The molecule has 0 bridgehead atoms. The summed E-state index contributed by atoms with van der Waals surface area (Å²) in [7, 11) is 13.7. The molecule has 6 nitrogen and oxygen atoms in total. The fraction of sp³-hybridized carbons (Fsp3) is 0.415. The molecular formula is C123H150N6. The number of hydrogen-bond acceptors (Lipinski definition) is 0. The molecule has 0 N–H and O–H groups in total. The number of rotatable bonds is 6. The number of hydrogen-bond donors (Lipinski definition) is 0. The molecule has 18 aromatic rings. The lowest BCUT2D eigenvalue weighted by atomic mass is 9.83. The van der Waals surface area contributed by atoms with Crippen LogP contribution in [0.2, 0.25) is 0 Å². The Kier molecular flexibility index (Phi) is 22.1. The fourth-order valence-electron chi connectivity index (χ4n) is 26.5. The van der Waals surface area contributed by atoms with E-state index in [0.29, 0.717) is 0 Å². The molecule has 6 heterocycles. The molecule has 0 fully saturated rings. The van der Waals surface area contributed by atoms with Gasteiger partial charge in [-0.05, 0) is 577 Å². The number of nitrogens with zero attached hydrogens (tertiary/aromatic N) is 6. The third-order valence-electron chi connectivity index (χ3n) is 37.1. The highest BCUT2D eigenvalue weighted by Gasteiger charge is 2.33. The number of fused-ring (bicyclic) bond motifs is 18. The molecule has 0 aliphatic heterocycles. The molecule has 0 spiro atoms. The van der Waals surface area contributed by atoms with Crippen LogP contribution in [0.15, 0.2) is 0 Å². The zero-order valence-corrected chi connectivity index (χ0v) is 88.8. The Morgan fingerprint density at radius 1 is 0.0930 bits per heavy atom. The Hall–Kier alpha value is -10.6. The first-order chi connectivity index (χ1) is 60.2. The molecule has 12 aromatic carbocycles. The summed E-state index contributed by atoms with van der Waals surface area (Å²) < 4.78 is 14.9. The minimum Gasteiger partial charge on any atom is -0.343 e. The van der Waals surface area contributed by atoms with Crippen molar-refractivity contribution in [1.29, 1.82) is 0 Å². The van der Waals surface area contributed by atoms with Gasteiger partial charge in [-0.15, -0.1) is 0 Å². The molecule has 0 amide bonds. The van der Waals surface area contributed by atoms with E-state index in [-0.39, 0.29) is 0 Å². The predicted octanol–water partition coefficient (Wildman–Crippen LogP) is 32.7. The van der Waals surface area contributed by atoms with Crippen molar-refractivity contribution in [3.63, 3.8) is 0 Å². The quantitative estimate of drug-likeness (QED) is 0.159. The summed E-state index contributed by atoms with van der Waals surface area (Å²) in [5.74, 6) is 0. The highest BCUT2D eigenvalue weighted by Crippen LogP contribution is 2.52. The van der Waals surface area contributed by atoms with E-state index in [1.807, 2.05) is 0 Å². The first kappa shape index (κ1) is 91.7. The SMILES string of the molecule is Cc1c(C)c(C)c2c(c1C)c1c(C)c(Cc3c(C)c(C)c4c(c3C)c3c(C)c(C)c(C)c(C)c3n4C)c(C)c(C)c1n2C.Cc1c(C)c(C)c2c(c1C)c1c(C)c(Cc3c(C)c(C)c4c5c(C)c(C)c(C)c(C)c5n(C)c4c3C)c(C)c(C)c1n2C.Cc1c(C)c(C)c2c(c1C)c1c(C)c(Cc3c(C)c(C)c4c5c(C)c(C)c(C)c(C)c5n(C)c4c3C)c(C)c(C)c1n2C. The molecule has 0 atom stereocenters. The van der Waals surface area contributed by atoms with Crippen LogP contribution in [0.1, 0.15) is 267 Å². The Labute approximate surface area is 772 Å². The molecule has 0 saturated heterocycles. The van der Waals surface area contributed by atoms with Crippen molar-refractivity contribution < 1.29 is 0 Å². The van der Waals surface area contributed by atoms with Crippen molar-refractivity contribution in [1.82, 2.24) is 27.4 Å². The van der Waals surface area contributed by atoms with E-state index in [4.69, 9.17) is 0 Å². The normalized spacial score (nSPS) is 12.3. The van der Waals surface area contributed by atoms with Gasteiger partial charge in [0.05, 0.1) is 66.2 Å². The minimum absolute atomic E-state index is 0.958. The van der Waals surface area contributed by atoms with Crippen molar-refractivity contribution in [2.24, 2.45) is 42.3 Å². The van der Waals surface area contributed by atoms with Crippen LogP contribution in [0.3, 0.4) is 0 Å². The van der Waals surface area contributed by atoms with Crippen molar-refractivity contribution in [3.8, 4) is 0 Å². The zero-order valence-electron chi connectivity index (χ0n) is 88.8. The van der Waals surface area contributed by atoms with E-state index in [2.05, 4.69) is 360 Å². The van der Waals surface area contributed by atoms with Gasteiger partial charge in [-0.25, -0.2) is 0 Å². The molecule has 6 heteroatoms. The highest BCUT2D eigenvalue weighted by atomic mass is 15.0. The van der Waals surface area contributed by atoms with Crippen molar-refractivity contribution in [2.45, 2.75) is 310 Å². The van der Waals surface area contributed by atoms with Gasteiger partial charge >= 0.3 is 0 Å². The van der Waals surface area contributed by atoms with E-state index >= 15 is 0 Å². The minimum atomic E-state index is 0.958. The van der Waals surface area contributed by atoms with E-state index in [1.165, 1.54) is 398 Å². The van der Waals surface area contributed by atoms with Gasteiger partial charge in [0.25, 0.3) is 0 Å². The van der Waals surface area contributed by atoms with Crippen molar-refractivity contribution in [3.05, 3.63) is 267 Å². The second kappa shape index (κ2) is 31.1. The van der Waals surface area contributed by atoms with Crippen LogP contribution in [-0.2, 0) is 61.5 Å². The monoisotopic (exact) mass is 1710 g/mol. The van der Waals surface area contributed by atoms with E-state index in [0.717, 1.165) is 19.3 Å². The van der Waals surface area contributed by atoms with Gasteiger partial charge in [0, 0.05) is 107 Å². The van der Waals surface area contributed by atoms with Gasteiger partial charge in [-0.1, -0.05) is 0 Å².